The number of aryl methyl sites for hydroxylation is 1. The predicted molar refractivity (Wildman–Crippen MR) is 127 cm³/mol. The maximum absolute atomic E-state index is 13.1. The number of carbonyl (C=O) groups is 3. The van der Waals surface area contributed by atoms with Crippen molar-refractivity contribution in [1.82, 2.24) is 4.90 Å². The Kier molecular flexibility index (Phi) is 5.78. The van der Waals surface area contributed by atoms with Crippen molar-refractivity contribution in [3.63, 3.8) is 0 Å². The zero-order valence-electron chi connectivity index (χ0n) is 18.4. The molecule has 2 aliphatic rings. The van der Waals surface area contributed by atoms with Crippen molar-refractivity contribution >= 4 is 23.3 Å². The average Bonchev–Trinajstić information content (AvgIpc) is 2.88. The van der Waals surface area contributed by atoms with Gasteiger partial charge in [0.2, 0.25) is 5.91 Å². The normalized spacial score (nSPS) is 16.4. The first-order chi connectivity index (χ1) is 16.1. The van der Waals surface area contributed by atoms with Crippen LogP contribution < -0.4 is 4.90 Å². The minimum atomic E-state index is -0.0538. The van der Waals surface area contributed by atoms with Crippen molar-refractivity contribution in [2.75, 3.05) is 18.0 Å². The third-order valence-corrected chi connectivity index (χ3v) is 6.67. The second kappa shape index (κ2) is 9.02. The van der Waals surface area contributed by atoms with E-state index in [2.05, 4.69) is 6.07 Å². The van der Waals surface area contributed by atoms with Crippen LogP contribution in [0.1, 0.15) is 51.1 Å². The van der Waals surface area contributed by atoms with Gasteiger partial charge in [-0.1, -0.05) is 60.7 Å². The number of rotatable bonds is 4. The minimum Gasteiger partial charge on any atom is -0.338 e. The highest BCUT2D eigenvalue weighted by atomic mass is 16.2. The molecule has 166 valence electrons. The molecule has 2 amide bonds. The van der Waals surface area contributed by atoms with E-state index in [-0.39, 0.29) is 23.6 Å². The lowest BCUT2D eigenvalue weighted by Gasteiger charge is -2.41. The van der Waals surface area contributed by atoms with Crippen LogP contribution in [0.3, 0.4) is 0 Å². The summed E-state index contributed by atoms with van der Waals surface area (Å²) in [7, 11) is 0. The number of carbonyl (C=O) groups excluding carboxylic acids is 3. The molecule has 2 aliphatic heterocycles. The second-order valence-corrected chi connectivity index (χ2v) is 8.69. The topological polar surface area (TPSA) is 57.7 Å². The number of piperidine rings is 1. The SMILES string of the molecule is O=C(c1ccccc1)c1ccc(C(=O)N2CCC(N3C(=O)CCc4ccccc43)CC2)cc1. The van der Waals surface area contributed by atoms with Crippen LogP contribution in [0.2, 0.25) is 0 Å². The van der Waals surface area contributed by atoms with Crippen LogP contribution >= 0.6 is 0 Å². The number of benzene rings is 3. The van der Waals surface area contributed by atoms with Crippen molar-refractivity contribution < 1.29 is 14.4 Å². The highest BCUT2D eigenvalue weighted by Gasteiger charge is 2.33. The highest BCUT2D eigenvalue weighted by molar-refractivity contribution is 6.09. The average molecular weight is 439 g/mol. The fraction of sp³-hybridized carbons (Fsp3) is 0.250. The van der Waals surface area contributed by atoms with Crippen LogP contribution in [0.4, 0.5) is 5.69 Å². The summed E-state index contributed by atoms with van der Waals surface area (Å²) >= 11 is 0. The number of hydrogen-bond donors (Lipinski definition) is 0. The summed E-state index contributed by atoms with van der Waals surface area (Å²) in [6.07, 6.45) is 2.86. The van der Waals surface area contributed by atoms with Crippen molar-refractivity contribution in [2.24, 2.45) is 0 Å². The molecule has 0 aromatic heterocycles. The number of amides is 2. The van der Waals surface area contributed by atoms with Crippen LogP contribution in [0.25, 0.3) is 0 Å². The molecule has 0 saturated carbocycles. The Morgan fingerprint density at radius 1 is 0.697 bits per heavy atom. The summed E-state index contributed by atoms with van der Waals surface area (Å²) in [6.45, 7) is 1.22. The number of anilines is 1. The summed E-state index contributed by atoms with van der Waals surface area (Å²) in [4.78, 5) is 42.2. The van der Waals surface area contributed by atoms with E-state index in [9.17, 15) is 14.4 Å². The number of nitrogens with zero attached hydrogens (tertiary/aromatic N) is 2. The van der Waals surface area contributed by atoms with Gasteiger partial charge in [-0.2, -0.15) is 0 Å². The van der Waals surface area contributed by atoms with Crippen molar-refractivity contribution in [2.45, 2.75) is 31.7 Å². The van der Waals surface area contributed by atoms with Gasteiger partial charge in [0.05, 0.1) is 0 Å². The number of likely N-dealkylation sites (tertiary alicyclic amines) is 1. The van der Waals surface area contributed by atoms with Gasteiger partial charge in [0.1, 0.15) is 0 Å². The molecule has 0 bridgehead atoms. The number of ketones is 1. The molecule has 0 N–H and O–H groups in total. The fourth-order valence-corrected chi connectivity index (χ4v) is 4.88. The van der Waals surface area contributed by atoms with Crippen LogP contribution in [0.5, 0.6) is 0 Å². The maximum atomic E-state index is 13.1. The van der Waals surface area contributed by atoms with Gasteiger partial charge in [0.15, 0.2) is 5.78 Å². The van der Waals surface area contributed by atoms with E-state index in [1.165, 1.54) is 5.56 Å². The van der Waals surface area contributed by atoms with E-state index >= 15 is 0 Å². The largest absolute Gasteiger partial charge is 0.338 e. The van der Waals surface area contributed by atoms with Gasteiger partial charge in [-0.05, 0) is 43.0 Å². The van der Waals surface area contributed by atoms with E-state index in [4.69, 9.17) is 0 Å². The summed E-state index contributed by atoms with van der Waals surface area (Å²) in [6, 6.07) is 24.3. The Bertz CT molecular complexity index is 1180. The lowest BCUT2D eigenvalue weighted by Crippen LogP contribution is -2.50. The maximum Gasteiger partial charge on any atom is 0.253 e. The summed E-state index contributed by atoms with van der Waals surface area (Å²) in [5, 5.41) is 0. The molecule has 33 heavy (non-hydrogen) atoms. The lowest BCUT2D eigenvalue weighted by molar-refractivity contribution is -0.119. The Morgan fingerprint density at radius 2 is 1.30 bits per heavy atom. The van der Waals surface area contributed by atoms with Crippen molar-refractivity contribution in [3.8, 4) is 0 Å². The van der Waals surface area contributed by atoms with Crippen LogP contribution in [-0.4, -0.2) is 41.6 Å². The number of hydrogen-bond acceptors (Lipinski definition) is 3. The predicted octanol–water partition coefficient (Wildman–Crippen LogP) is 4.50. The Balaban J connectivity index is 1.24. The molecule has 3 aromatic rings. The lowest BCUT2D eigenvalue weighted by atomic mass is 9.95. The third kappa shape index (κ3) is 4.19. The van der Waals surface area contributed by atoms with Gasteiger partial charge >= 0.3 is 0 Å². The van der Waals surface area contributed by atoms with Crippen LogP contribution in [0.15, 0.2) is 78.9 Å². The standard InChI is InChI=1S/C28H26N2O3/c31-26-15-14-20-6-4-5-9-25(20)30(26)24-16-18-29(19-17-24)28(33)23-12-10-22(11-13-23)27(32)21-7-2-1-3-8-21/h1-13,24H,14-19H2. The molecule has 5 heteroatoms. The van der Waals surface area contributed by atoms with Gasteiger partial charge in [-0.3, -0.25) is 14.4 Å². The quantitative estimate of drug-likeness (QED) is 0.564. The zero-order valence-corrected chi connectivity index (χ0v) is 18.4. The molecule has 0 radical (unpaired) electrons. The Labute approximate surface area is 193 Å². The fourth-order valence-electron chi connectivity index (χ4n) is 4.88. The molecule has 0 atom stereocenters. The van der Waals surface area contributed by atoms with Crippen molar-refractivity contribution in [1.29, 1.82) is 0 Å². The van der Waals surface area contributed by atoms with Crippen LogP contribution in [0, 0.1) is 0 Å². The molecule has 1 fully saturated rings. The molecule has 5 nitrogen and oxygen atoms in total. The molecule has 0 spiro atoms. The smallest absolute Gasteiger partial charge is 0.253 e. The number of fused-ring (bicyclic) bond motifs is 1. The monoisotopic (exact) mass is 438 g/mol. The molecule has 1 saturated heterocycles. The molecule has 0 unspecified atom stereocenters. The number of para-hydroxylation sites is 1. The van der Waals surface area contributed by atoms with E-state index in [0.29, 0.717) is 36.2 Å². The van der Waals surface area contributed by atoms with Gasteiger partial charge in [0.25, 0.3) is 5.91 Å². The zero-order chi connectivity index (χ0) is 22.8. The molecule has 5 rings (SSSR count). The summed E-state index contributed by atoms with van der Waals surface area (Å²) in [5.41, 5.74) is 4.03. The Hall–Kier alpha value is -3.73. The van der Waals surface area contributed by atoms with Crippen molar-refractivity contribution in [3.05, 3.63) is 101 Å². The van der Waals surface area contributed by atoms with Crippen LogP contribution in [-0.2, 0) is 11.2 Å². The second-order valence-electron chi connectivity index (χ2n) is 8.69. The van der Waals surface area contributed by atoms with Gasteiger partial charge < -0.3 is 9.80 Å². The molecule has 3 aromatic carbocycles. The molecular weight excluding hydrogens is 412 g/mol. The van der Waals surface area contributed by atoms with E-state index < -0.39 is 0 Å². The van der Waals surface area contributed by atoms with Gasteiger partial charge in [0, 0.05) is 47.9 Å². The molecule has 2 heterocycles. The van der Waals surface area contributed by atoms with E-state index in [0.717, 1.165) is 24.9 Å². The van der Waals surface area contributed by atoms with E-state index in [1.807, 2.05) is 46.2 Å². The summed E-state index contributed by atoms with van der Waals surface area (Å²) in [5.74, 6) is 0.0940. The first-order valence-corrected chi connectivity index (χ1v) is 11.5. The molecular formula is C28H26N2O3. The van der Waals surface area contributed by atoms with Gasteiger partial charge in [-0.25, -0.2) is 0 Å². The van der Waals surface area contributed by atoms with Gasteiger partial charge in [-0.15, -0.1) is 0 Å². The highest BCUT2D eigenvalue weighted by Crippen LogP contribution is 2.32. The van der Waals surface area contributed by atoms with E-state index in [1.54, 1.807) is 36.4 Å². The third-order valence-electron chi connectivity index (χ3n) is 6.67. The first kappa shape index (κ1) is 21.1. The minimum absolute atomic E-state index is 0.0301. The first-order valence-electron chi connectivity index (χ1n) is 11.5. The summed E-state index contributed by atoms with van der Waals surface area (Å²) < 4.78 is 0. The molecule has 0 aliphatic carbocycles. The Morgan fingerprint density at radius 3 is 2.03 bits per heavy atom.